The number of carbonyl (C=O) groups is 1. The van der Waals surface area contributed by atoms with Gasteiger partial charge >= 0.3 is 0 Å². The minimum atomic E-state index is -0.471. The SMILES string of the molecule is C[C@@H](Sc1nnc(-c2cccc(Cl)c2)o1)C(=O)Nc1sccc1C#N. The minimum absolute atomic E-state index is 0.244. The van der Waals surface area contributed by atoms with Crippen LogP contribution in [-0.2, 0) is 4.79 Å². The molecule has 0 bridgehead atoms. The van der Waals surface area contributed by atoms with Crippen molar-refractivity contribution in [1.29, 1.82) is 5.26 Å². The Morgan fingerprint density at radius 1 is 1.44 bits per heavy atom. The molecule has 1 aromatic carbocycles. The summed E-state index contributed by atoms with van der Waals surface area (Å²) in [6.07, 6.45) is 0. The maximum Gasteiger partial charge on any atom is 0.277 e. The first-order valence-corrected chi connectivity index (χ1v) is 9.25. The van der Waals surface area contributed by atoms with Crippen molar-refractivity contribution < 1.29 is 9.21 Å². The summed E-state index contributed by atoms with van der Waals surface area (Å²) in [5.41, 5.74) is 1.15. The number of rotatable bonds is 5. The Balaban J connectivity index is 1.66. The maximum atomic E-state index is 12.3. The maximum absolute atomic E-state index is 12.3. The number of benzene rings is 1. The number of aromatic nitrogens is 2. The molecule has 2 aromatic heterocycles. The molecule has 126 valence electrons. The third-order valence-electron chi connectivity index (χ3n) is 3.15. The normalized spacial score (nSPS) is 11.7. The summed E-state index contributed by atoms with van der Waals surface area (Å²) in [6.45, 7) is 1.73. The largest absolute Gasteiger partial charge is 0.411 e. The number of thiophene rings is 1. The highest BCUT2D eigenvalue weighted by molar-refractivity contribution is 8.00. The van der Waals surface area contributed by atoms with Gasteiger partial charge in [0.15, 0.2) is 0 Å². The van der Waals surface area contributed by atoms with Gasteiger partial charge in [-0.25, -0.2) is 0 Å². The second-order valence-corrected chi connectivity index (χ2v) is 7.55. The van der Waals surface area contributed by atoms with E-state index in [9.17, 15) is 4.79 Å². The van der Waals surface area contributed by atoms with Crippen LogP contribution in [0, 0.1) is 11.3 Å². The Morgan fingerprint density at radius 2 is 2.28 bits per heavy atom. The van der Waals surface area contributed by atoms with Gasteiger partial charge in [0.1, 0.15) is 11.1 Å². The van der Waals surface area contributed by atoms with Crippen LogP contribution in [0.4, 0.5) is 5.00 Å². The first kappa shape index (κ1) is 17.5. The van der Waals surface area contributed by atoms with Crippen LogP contribution in [0.5, 0.6) is 0 Å². The van der Waals surface area contributed by atoms with Crippen molar-refractivity contribution >= 4 is 45.6 Å². The molecule has 0 saturated carbocycles. The van der Waals surface area contributed by atoms with E-state index >= 15 is 0 Å². The van der Waals surface area contributed by atoms with Gasteiger partial charge in [-0.05, 0) is 36.6 Å². The second kappa shape index (κ2) is 7.70. The van der Waals surface area contributed by atoms with E-state index < -0.39 is 5.25 Å². The van der Waals surface area contributed by atoms with Crippen LogP contribution in [-0.4, -0.2) is 21.4 Å². The van der Waals surface area contributed by atoms with Crippen LogP contribution < -0.4 is 5.32 Å². The zero-order valence-corrected chi connectivity index (χ0v) is 15.3. The van der Waals surface area contributed by atoms with Crippen molar-refractivity contribution in [1.82, 2.24) is 10.2 Å². The van der Waals surface area contributed by atoms with E-state index in [0.29, 0.717) is 27.0 Å². The molecule has 0 aliphatic carbocycles. The zero-order valence-electron chi connectivity index (χ0n) is 12.9. The zero-order chi connectivity index (χ0) is 17.8. The summed E-state index contributed by atoms with van der Waals surface area (Å²) in [6, 6.07) is 10.8. The molecular weight excluding hydrogens is 380 g/mol. The number of anilines is 1. The fourth-order valence-corrected chi connectivity index (χ4v) is 3.52. The van der Waals surface area contributed by atoms with E-state index in [-0.39, 0.29) is 11.1 Å². The fourth-order valence-electron chi connectivity index (χ4n) is 1.91. The number of hydrogen-bond acceptors (Lipinski definition) is 7. The molecule has 0 saturated heterocycles. The molecule has 2 heterocycles. The Morgan fingerprint density at radius 3 is 3.04 bits per heavy atom. The highest BCUT2D eigenvalue weighted by Gasteiger charge is 2.20. The van der Waals surface area contributed by atoms with Gasteiger partial charge in [-0.1, -0.05) is 29.4 Å². The van der Waals surface area contributed by atoms with Gasteiger partial charge in [-0.2, -0.15) is 5.26 Å². The van der Waals surface area contributed by atoms with Gasteiger partial charge in [-0.3, -0.25) is 4.79 Å². The molecule has 1 atom stereocenters. The number of nitrogens with one attached hydrogen (secondary N) is 1. The van der Waals surface area contributed by atoms with E-state index in [1.54, 1.807) is 36.6 Å². The molecule has 1 N–H and O–H groups in total. The Bertz CT molecular complexity index is 948. The highest BCUT2D eigenvalue weighted by Crippen LogP contribution is 2.29. The molecule has 0 radical (unpaired) electrons. The van der Waals surface area contributed by atoms with E-state index in [0.717, 1.165) is 11.8 Å². The molecule has 0 aliphatic rings. The van der Waals surface area contributed by atoms with Crippen LogP contribution in [0.15, 0.2) is 45.4 Å². The van der Waals surface area contributed by atoms with Gasteiger partial charge < -0.3 is 9.73 Å². The molecule has 1 amide bonds. The molecule has 3 rings (SSSR count). The van der Waals surface area contributed by atoms with Crippen molar-refractivity contribution in [3.8, 4) is 17.5 Å². The quantitative estimate of drug-likeness (QED) is 0.647. The standard InChI is InChI=1S/C16H11ClN4O2S2/c1-9(13(22)19-15-11(8-18)5-6-24-15)25-16-21-20-14(23-16)10-3-2-4-12(17)7-10/h2-7,9H,1H3,(H,19,22)/t9-/m1/s1. The first-order valence-electron chi connectivity index (χ1n) is 7.11. The molecule has 0 spiro atoms. The molecule has 25 heavy (non-hydrogen) atoms. The number of hydrogen-bond donors (Lipinski definition) is 1. The number of halogens is 1. The summed E-state index contributed by atoms with van der Waals surface area (Å²) < 4.78 is 5.58. The summed E-state index contributed by atoms with van der Waals surface area (Å²) in [7, 11) is 0. The lowest BCUT2D eigenvalue weighted by atomic mass is 10.2. The van der Waals surface area contributed by atoms with Gasteiger partial charge in [0.2, 0.25) is 11.8 Å². The fraction of sp³-hybridized carbons (Fsp3) is 0.125. The Kier molecular flexibility index (Phi) is 5.38. The molecule has 9 heteroatoms. The predicted molar refractivity (Wildman–Crippen MR) is 97.7 cm³/mol. The first-order chi connectivity index (χ1) is 12.1. The number of amides is 1. The molecule has 0 aliphatic heterocycles. The minimum Gasteiger partial charge on any atom is -0.411 e. The number of carbonyl (C=O) groups excluding carboxylic acids is 1. The van der Waals surface area contributed by atoms with Gasteiger partial charge in [0, 0.05) is 10.6 Å². The van der Waals surface area contributed by atoms with E-state index in [1.165, 1.54) is 11.3 Å². The number of thioether (sulfide) groups is 1. The van der Waals surface area contributed by atoms with Crippen LogP contribution >= 0.6 is 34.7 Å². The Hall–Kier alpha value is -2.34. The summed E-state index contributed by atoms with van der Waals surface area (Å²) >= 11 is 8.39. The molecule has 0 fully saturated rings. The number of nitrogens with zero attached hydrogens (tertiary/aromatic N) is 3. The molecule has 0 unspecified atom stereocenters. The van der Waals surface area contributed by atoms with Gasteiger partial charge in [-0.15, -0.1) is 21.5 Å². The average molecular weight is 391 g/mol. The lowest BCUT2D eigenvalue weighted by Crippen LogP contribution is -2.22. The van der Waals surface area contributed by atoms with Crippen LogP contribution in [0.25, 0.3) is 11.5 Å². The van der Waals surface area contributed by atoms with Crippen molar-refractivity contribution in [3.63, 3.8) is 0 Å². The summed E-state index contributed by atoms with van der Waals surface area (Å²) in [5.74, 6) is 0.0917. The third-order valence-corrected chi connectivity index (χ3v) is 5.15. The predicted octanol–water partition coefficient (Wildman–Crippen LogP) is 4.44. The van der Waals surface area contributed by atoms with Crippen molar-refractivity contribution in [2.24, 2.45) is 0 Å². The van der Waals surface area contributed by atoms with Crippen molar-refractivity contribution in [3.05, 3.63) is 46.3 Å². The van der Waals surface area contributed by atoms with Crippen molar-refractivity contribution in [2.45, 2.75) is 17.4 Å². The monoisotopic (exact) mass is 390 g/mol. The lowest BCUT2D eigenvalue weighted by Gasteiger charge is -2.08. The second-order valence-electron chi connectivity index (χ2n) is 4.91. The van der Waals surface area contributed by atoms with Gasteiger partial charge in [0.25, 0.3) is 5.22 Å². The van der Waals surface area contributed by atoms with Crippen LogP contribution in [0.2, 0.25) is 5.02 Å². The summed E-state index contributed by atoms with van der Waals surface area (Å²) in [4.78, 5) is 12.3. The third kappa shape index (κ3) is 4.20. The topological polar surface area (TPSA) is 91.8 Å². The summed E-state index contributed by atoms with van der Waals surface area (Å²) in [5, 5.41) is 22.3. The number of nitriles is 1. The smallest absolute Gasteiger partial charge is 0.277 e. The van der Waals surface area contributed by atoms with E-state index in [4.69, 9.17) is 21.3 Å². The molecule has 6 nitrogen and oxygen atoms in total. The van der Waals surface area contributed by atoms with Crippen LogP contribution in [0.1, 0.15) is 12.5 Å². The van der Waals surface area contributed by atoms with Gasteiger partial charge in [0.05, 0.1) is 10.8 Å². The van der Waals surface area contributed by atoms with Crippen molar-refractivity contribution in [2.75, 3.05) is 5.32 Å². The Labute approximate surface area is 156 Å². The molecule has 3 aromatic rings. The average Bonchev–Trinajstić information content (AvgIpc) is 3.24. The van der Waals surface area contributed by atoms with Crippen LogP contribution in [0.3, 0.4) is 0 Å². The molecular formula is C16H11ClN4O2S2. The highest BCUT2D eigenvalue weighted by atomic mass is 35.5. The van der Waals surface area contributed by atoms with E-state index in [1.807, 2.05) is 12.1 Å². The van der Waals surface area contributed by atoms with E-state index in [2.05, 4.69) is 15.5 Å². The lowest BCUT2D eigenvalue weighted by molar-refractivity contribution is -0.115.